The predicted octanol–water partition coefficient (Wildman–Crippen LogP) is 3.22. The van der Waals surface area contributed by atoms with E-state index in [0.29, 0.717) is 22.9 Å². The van der Waals surface area contributed by atoms with Crippen LogP contribution in [0.15, 0.2) is 48.5 Å². The van der Waals surface area contributed by atoms with Gasteiger partial charge in [0, 0.05) is 11.6 Å². The summed E-state index contributed by atoms with van der Waals surface area (Å²) in [6.45, 7) is 3.71. The third-order valence-corrected chi connectivity index (χ3v) is 4.48. The number of rotatable bonds is 9. The van der Waals surface area contributed by atoms with Crippen molar-refractivity contribution in [3.05, 3.63) is 59.1 Å². The molecule has 1 N–H and O–H groups in total. The fourth-order valence-electron chi connectivity index (χ4n) is 2.92. The highest BCUT2D eigenvalue weighted by molar-refractivity contribution is 6.39. The number of Topliss-reactive ketones (excluding diaryl/α,β-unsaturated/α-hetero) is 1. The summed E-state index contributed by atoms with van der Waals surface area (Å²) < 4.78 is 5.29. The molecule has 0 aromatic heterocycles. The Labute approximate surface area is 169 Å². The number of ketones is 1. The number of amides is 2. The summed E-state index contributed by atoms with van der Waals surface area (Å²) in [5.74, 6) is -1.32. The van der Waals surface area contributed by atoms with Gasteiger partial charge in [-0.3, -0.25) is 14.4 Å². The van der Waals surface area contributed by atoms with Gasteiger partial charge in [0.1, 0.15) is 11.8 Å². The van der Waals surface area contributed by atoms with Crippen molar-refractivity contribution in [1.82, 2.24) is 5.32 Å². The highest BCUT2D eigenvalue weighted by Gasteiger charge is 2.34. The molecule has 0 bridgehead atoms. The number of carbonyl (C=O) groups excluding carboxylic acids is 3. The first-order chi connectivity index (χ1) is 13.4. The summed E-state index contributed by atoms with van der Waals surface area (Å²) in [4.78, 5) is 38.4. The number of ether oxygens (including phenoxy) is 1. The summed E-state index contributed by atoms with van der Waals surface area (Å²) in [5.41, 5.74) is 1.20. The van der Waals surface area contributed by atoms with Gasteiger partial charge >= 0.3 is 0 Å². The van der Waals surface area contributed by atoms with Crippen LogP contribution in [-0.2, 0) is 20.9 Å². The maximum atomic E-state index is 12.9. The van der Waals surface area contributed by atoms with Crippen molar-refractivity contribution >= 4 is 35.4 Å². The molecule has 0 spiro atoms. The van der Waals surface area contributed by atoms with Gasteiger partial charge in [0.05, 0.1) is 12.8 Å². The van der Waals surface area contributed by atoms with E-state index in [1.807, 2.05) is 0 Å². The zero-order valence-electron chi connectivity index (χ0n) is 16.0. The number of para-hydroxylation sites is 2. The molecule has 2 aromatic carbocycles. The van der Waals surface area contributed by atoms with E-state index in [0.717, 1.165) is 5.56 Å². The molecule has 2 amide bonds. The van der Waals surface area contributed by atoms with E-state index in [-0.39, 0.29) is 12.5 Å². The third kappa shape index (κ3) is 5.10. The molecule has 6 nitrogen and oxygen atoms in total. The number of anilines is 1. The van der Waals surface area contributed by atoms with Crippen LogP contribution >= 0.6 is 11.6 Å². The van der Waals surface area contributed by atoms with E-state index in [4.69, 9.17) is 16.3 Å². The number of hydrogen-bond donors (Lipinski definition) is 1. The van der Waals surface area contributed by atoms with Crippen LogP contribution in [0.2, 0.25) is 5.02 Å². The molecule has 0 saturated heterocycles. The molecule has 148 valence electrons. The number of halogens is 1. The van der Waals surface area contributed by atoms with Gasteiger partial charge in [-0.25, -0.2) is 0 Å². The Morgan fingerprint density at radius 1 is 1.18 bits per heavy atom. The first-order valence-corrected chi connectivity index (χ1v) is 9.20. The second kappa shape index (κ2) is 9.90. The molecule has 0 radical (unpaired) electrons. The van der Waals surface area contributed by atoms with E-state index in [1.54, 1.807) is 62.4 Å². The zero-order chi connectivity index (χ0) is 20.7. The second-order valence-corrected chi connectivity index (χ2v) is 6.99. The first kappa shape index (κ1) is 21.4. The van der Waals surface area contributed by atoms with E-state index in [9.17, 15) is 14.4 Å². The number of hydrogen-bond acceptors (Lipinski definition) is 4. The lowest BCUT2D eigenvalue weighted by atomic mass is 9.97. The van der Waals surface area contributed by atoms with Crippen LogP contribution in [-0.4, -0.2) is 31.3 Å². The van der Waals surface area contributed by atoms with Gasteiger partial charge < -0.3 is 15.0 Å². The summed E-state index contributed by atoms with van der Waals surface area (Å²) >= 11 is 5.93. The third-order valence-electron chi connectivity index (χ3n) is 4.24. The van der Waals surface area contributed by atoms with Crippen molar-refractivity contribution in [2.24, 2.45) is 5.92 Å². The van der Waals surface area contributed by atoms with Gasteiger partial charge in [-0.2, -0.15) is 0 Å². The van der Waals surface area contributed by atoms with Crippen molar-refractivity contribution in [2.75, 3.05) is 12.0 Å². The smallest absolute Gasteiger partial charge is 0.289 e. The fourth-order valence-corrected chi connectivity index (χ4v) is 3.13. The molecular formula is C21H23ClN2O4. The highest BCUT2D eigenvalue weighted by atomic mass is 35.5. The molecule has 0 aliphatic heterocycles. The van der Waals surface area contributed by atoms with Gasteiger partial charge in [-0.15, -0.1) is 0 Å². The zero-order valence-corrected chi connectivity index (χ0v) is 16.8. The Morgan fingerprint density at radius 3 is 2.50 bits per heavy atom. The van der Waals surface area contributed by atoms with Crippen LogP contribution in [0.4, 0.5) is 5.69 Å². The molecular weight excluding hydrogens is 380 g/mol. The predicted molar refractivity (Wildman–Crippen MR) is 108 cm³/mol. The van der Waals surface area contributed by atoms with Crippen LogP contribution in [0.1, 0.15) is 19.4 Å². The maximum Gasteiger partial charge on any atom is 0.289 e. The maximum absolute atomic E-state index is 12.9. The van der Waals surface area contributed by atoms with Crippen molar-refractivity contribution in [3.8, 4) is 5.75 Å². The largest absolute Gasteiger partial charge is 0.495 e. The number of carbonyl (C=O) groups is 3. The quantitative estimate of drug-likeness (QED) is 0.516. The SMILES string of the molecule is COc1ccccc1N(C=O)C(C(=O)C(=O)NCc1cccc(Cl)c1)C(C)C. The Morgan fingerprint density at radius 2 is 1.89 bits per heavy atom. The lowest BCUT2D eigenvalue weighted by Crippen LogP contribution is -2.50. The lowest BCUT2D eigenvalue weighted by molar-refractivity contribution is -0.139. The van der Waals surface area contributed by atoms with Crippen LogP contribution in [0.3, 0.4) is 0 Å². The van der Waals surface area contributed by atoms with E-state index >= 15 is 0 Å². The highest BCUT2D eigenvalue weighted by Crippen LogP contribution is 2.30. The normalized spacial score (nSPS) is 11.6. The van der Waals surface area contributed by atoms with Gasteiger partial charge in [-0.1, -0.05) is 49.7 Å². The Balaban J connectivity index is 2.22. The van der Waals surface area contributed by atoms with Crippen LogP contribution in [0.25, 0.3) is 0 Å². The average molecular weight is 403 g/mol. The molecule has 1 unspecified atom stereocenters. The summed E-state index contributed by atoms with van der Waals surface area (Å²) in [7, 11) is 1.48. The van der Waals surface area contributed by atoms with Crippen molar-refractivity contribution < 1.29 is 19.1 Å². The number of benzene rings is 2. The molecule has 0 saturated carbocycles. The summed E-state index contributed by atoms with van der Waals surface area (Å²) in [6, 6.07) is 12.9. The molecule has 2 rings (SSSR count). The second-order valence-electron chi connectivity index (χ2n) is 6.55. The molecule has 28 heavy (non-hydrogen) atoms. The first-order valence-electron chi connectivity index (χ1n) is 8.82. The molecule has 0 aliphatic rings. The minimum absolute atomic E-state index is 0.158. The minimum Gasteiger partial charge on any atom is -0.495 e. The van der Waals surface area contributed by atoms with Crippen LogP contribution < -0.4 is 15.0 Å². The van der Waals surface area contributed by atoms with E-state index in [1.165, 1.54) is 12.0 Å². The van der Waals surface area contributed by atoms with Crippen molar-refractivity contribution in [2.45, 2.75) is 26.4 Å². The van der Waals surface area contributed by atoms with Gasteiger partial charge in [0.2, 0.25) is 12.2 Å². The Bertz CT molecular complexity index is 854. The molecule has 1 atom stereocenters. The van der Waals surface area contributed by atoms with E-state index < -0.39 is 17.7 Å². The molecule has 7 heteroatoms. The van der Waals surface area contributed by atoms with Crippen LogP contribution in [0.5, 0.6) is 5.75 Å². The summed E-state index contributed by atoms with van der Waals surface area (Å²) in [6.07, 6.45) is 0.546. The van der Waals surface area contributed by atoms with Crippen LogP contribution in [0, 0.1) is 5.92 Å². The Kier molecular flexibility index (Phi) is 7.58. The number of nitrogens with zero attached hydrogens (tertiary/aromatic N) is 1. The summed E-state index contributed by atoms with van der Waals surface area (Å²) in [5, 5.41) is 3.14. The van der Waals surface area contributed by atoms with E-state index in [2.05, 4.69) is 5.32 Å². The van der Waals surface area contributed by atoms with Crippen molar-refractivity contribution in [3.63, 3.8) is 0 Å². The topological polar surface area (TPSA) is 75.7 Å². The molecule has 2 aromatic rings. The number of methoxy groups -OCH3 is 1. The molecule has 0 fully saturated rings. The van der Waals surface area contributed by atoms with Gasteiger partial charge in [-0.05, 0) is 35.7 Å². The van der Waals surface area contributed by atoms with Gasteiger partial charge in [0.25, 0.3) is 5.91 Å². The number of nitrogens with one attached hydrogen (secondary N) is 1. The Hall–Kier alpha value is -2.86. The van der Waals surface area contributed by atoms with Gasteiger partial charge in [0.15, 0.2) is 0 Å². The van der Waals surface area contributed by atoms with Crippen molar-refractivity contribution in [1.29, 1.82) is 0 Å². The monoisotopic (exact) mass is 402 g/mol. The average Bonchev–Trinajstić information content (AvgIpc) is 2.69. The standard InChI is InChI=1S/C21H23ClN2O4/c1-14(2)19(24(13-25)17-9-4-5-10-18(17)28-3)20(26)21(27)23-12-15-7-6-8-16(22)11-15/h4-11,13-14,19H,12H2,1-3H3,(H,23,27). The molecule has 0 aliphatic carbocycles. The minimum atomic E-state index is -0.965. The fraction of sp³-hybridized carbons (Fsp3) is 0.286. The lowest BCUT2D eigenvalue weighted by Gasteiger charge is -2.30. The molecule has 0 heterocycles.